The Morgan fingerprint density at radius 3 is 2.46 bits per heavy atom. The lowest BCUT2D eigenvalue weighted by molar-refractivity contribution is -0.120. The van der Waals surface area contributed by atoms with Gasteiger partial charge < -0.3 is 5.32 Å². The number of nitrogens with one attached hydrogen (secondary N) is 2. The zero-order valence-electron chi connectivity index (χ0n) is 16.3. The lowest BCUT2D eigenvalue weighted by atomic mass is 9.97. The molecule has 0 unspecified atom stereocenters. The average Bonchev–Trinajstić information content (AvgIpc) is 2.98. The molecule has 1 aliphatic rings. The van der Waals surface area contributed by atoms with Crippen LogP contribution in [0.2, 0.25) is 0 Å². The fraction of sp³-hybridized carbons (Fsp3) is 0.529. The first-order valence-corrected chi connectivity index (χ1v) is 10.8. The summed E-state index contributed by atoms with van der Waals surface area (Å²) in [5, 5.41) is 7.16. The summed E-state index contributed by atoms with van der Waals surface area (Å²) in [5.41, 5.74) is 1.50. The number of aromatic nitrogens is 4. The number of rotatable bonds is 4. The molecule has 28 heavy (non-hydrogen) atoms. The summed E-state index contributed by atoms with van der Waals surface area (Å²) in [6.07, 6.45) is 2.07. The zero-order chi connectivity index (χ0) is 20.6. The van der Waals surface area contributed by atoms with Crippen molar-refractivity contribution in [1.29, 1.82) is 0 Å². The summed E-state index contributed by atoms with van der Waals surface area (Å²) in [4.78, 5) is 31.8. The number of H-pyrrole nitrogens is 1. The highest BCUT2D eigenvalue weighted by atomic mass is 32.2. The standard InChI is InChI=1S/C17H24N6O4S/c1-10-9-14(23(21-10)17-18-12(3)11(2)15(24)20-17)19-16(25)13-5-7-22(8-6-13)28(4,26)27/h9,13H,5-8H2,1-4H3,(H,19,25)(H,18,20,24). The number of hydrogen-bond acceptors (Lipinski definition) is 6. The van der Waals surface area contributed by atoms with Crippen molar-refractivity contribution in [1.82, 2.24) is 24.1 Å². The second-order valence-corrected chi connectivity index (χ2v) is 9.09. The molecule has 1 fully saturated rings. The van der Waals surface area contributed by atoms with E-state index in [1.807, 2.05) is 0 Å². The topological polar surface area (TPSA) is 130 Å². The smallest absolute Gasteiger partial charge is 0.255 e. The van der Waals surface area contributed by atoms with Crippen molar-refractivity contribution in [3.8, 4) is 5.95 Å². The molecule has 1 amide bonds. The predicted molar refractivity (Wildman–Crippen MR) is 104 cm³/mol. The monoisotopic (exact) mass is 408 g/mol. The van der Waals surface area contributed by atoms with E-state index in [0.717, 1.165) is 0 Å². The van der Waals surface area contributed by atoms with Gasteiger partial charge in [-0.15, -0.1) is 0 Å². The van der Waals surface area contributed by atoms with Gasteiger partial charge in [0, 0.05) is 36.3 Å². The zero-order valence-corrected chi connectivity index (χ0v) is 17.1. The van der Waals surface area contributed by atoms with Gasteiger partial charge in [0.05, 0.1) is 11.9 Å². The van der Waals surface area contributed by atoms with Crippen molar-refractivity contribution in [2.45, 2.75) is 33.6 Å². The molecule has 1 aliphatic heterocycles. The molecule has 0 spiro atoms. The number of aryl methyl sites for hydroxylation is 2. The molecule has 2 N–H and O–H groups in total. The number of carbonyl (C=O) groups is 1. The third-order valence-corrected chi connectivity index (χ3v) is 6.26. The number of hydrogen-bond donors (Lipinski definition) is 2. The summed E-state index contributed by atoms with van der Waals surface area (Å²) in [5.74, 6) is 0.122. The molecule has 11 heteroatoms. The first-order chi connectivity index (χ1) is 13.1. The predicted octanol–water partition coefficient (Wildman–Crippen LogP) is 0.491. The molecule has 2 aromatic rings. The third-order valence-electron chi connectivity index (χ3n) is 4.96. The normalized spacial score (nSPS) is 16.3. The minimum atomic E-state index is -3.24. The first kappa shape index (κ1) is 20.2. The van der Waals surface area contributed by atoms with E-state index in [2.05, 4.69) is 20.4 Å². The summed E-state index contributed by atoms with van der Waals surface area (Å²) in [6, 6.07) is 1.69. The summed E-state index contributed by atoms with van der Waals surface area (Å²) in [7, 11) is -3.24. The molecule has 10 nitrogen and oxygen atoms in total. The van der Waals surface area contributed by atoms with Gasteiger partial charge in [0.1, 0.15) is 5.82 Å². The van der Waals surface area contributed by atoms with E-state index < -0.39 is 10.0 Å². The minimum Gasteiger partial charge on any atom is -0.310 e. The van der Waals surface area contributed by atoms with Crippen LogP contribution in [0.5, 0.6) is 0 Å². The van der Waals surface area contributed by atoms with E-state index in [9.17, 15) is 18.0 Å². The van der Waals surface area contributed by atoms with E-state index in [1.54, 1.807) is 26.8 Å². The van der Waals surface area contributed by atoms with E-state index in [4.69, 9.17) is 0 Å². The van der Waals surface area contributed by atoms with Crippen LogP contribution in [0.15, 0.2) is 10.9 Å². The van der Waals surface area contributed by atoms with Crippen LogP contribution >= 0.6 is 0 Å². The molecule has 3 heterocycles. The molecule has 0 bridgehead atoms. The van der Waals surface area contributed by atoms with Crippen molar-refractivity contribution in [3.63, 3.8) is 0 Å². The molecular weight excluding hydrogens is 384 g/mol. The van der Waals surface area contributed by atoms with Crippen molar-refractivity contribution in [2.24, 2.45) is 5.92 Å². The van der Waals surface area contributed by atoms with E-state index >= 15 is 0 Å². The lowest BCUT2D eigenvalue weighted by Gasteiger charge is -2.29. The Morgan fingerprint density at radius 1 is 1.25 bits per heavy atom. The van der Waals surface area contributed by atoms with Crippen LogP contribution in [0.25, 0.3) is 5.95 Å². The van der Waals surface area contributed by atoms with Crippen LogP contribution in [-0.2, 0) is 14.8 Å². The Morgan fingerprint density at radius 2 is 1.89 bits per heavy atom. The molecule has 0 aromatic carbocycles. The Kier molecular flexibility index (Phi) is 5.39. The van der Waals surface area contributed by atoms with Gasteiger partial charge in [-0.25, -0.2) is 17.7 Å². The van der Waals surface area contributed by atoms with Gasteiger partial charge >= 0.3 is 0 Å². The van der Waals surface area contributed by atoms with E-state index in [-0.39, 0.29) is 23.3 Å². The van der Waals surface area contributed by atoms with Gasteiger partial charge in [0.15, 0.2) is 0 Å². The lowest BCUT2D eigenvalue weighted by Crippen LogP contribution is -2.41. The maximum absolute atomic E-state index is 12.7. The highest BCUT2D eigenvalue weighted by Gasteiger charge is 2.29. The highest BCUT2D eigenvalue weighted by Crippen LogP contribution is 2.22. The third kappa shape index (κ3) is 4.14. The molecule has 1 saturated heterocycles. The average molecular weight is 408 g/mol. The fourth-order valence-electron chi connectivity index (χ4n) is 3.16. The van der Waals surface area contributed by atoms with Crippen LogP contribution in [0, 0.1) is 26.7 Å². The Labute approximate surface area is 163 Å². The quantitative estimate of drug-likeness (QED) is 0.757. The van der Waals surface area contributed by atoms with Crippen LogP contribution < -0.4 is 10.9 Å². The van der Waals surface area contributed by atoms with Gasteiger partial charge in [0.2, 0.25) is 21.9 Å². The van der Waals surface area contributed by atoms with Crippen LogP contribution in [0.1, 0.15) is 29.8 Å². The molecular formula is C17H24N6O4S. The first-order valence-electron chi connectivity index (χ1n) is 8.97. The number of amides is 1. The van der Waals surface area contributed by atoms with Crippen molar-refractivity contribution >= 4 is 21.7 Å². The molecule has 152 valence electrons. The summed E-state index contributed by atoms with van der Waals surface area (Å²) < 4.78 is 26.0. The Bertz CT molecular complexity index is 1060. The number of nitrogens with zero attached hydrogens (tertiary/aromatic N) is 4. The van der Waals surface area contributed by atoms with Gasteiger partial charge in [-0.05, 0) is 33.6 Å². The van der Waals surface area contributed by atoms with Gasteiger partial charge in [-0.1, -0.05) is 0 Å². The maximum atomic E-state index is 12.7. The second kappa shape index (κ2) is 7.47. The number of anilines is 1. The van der Waals surface area contributed by atoms with Crippen LogP contribution in [0.3, 0.4) is 0 Å². The molecule has 0 atom stereocenters. The van der Waals surface area contributed by atoms with Gasteiger partial charge in [0.25, 0.3) is 5.56 Å². The maximum Gasteiger partial charge on any atom is 0.255 e. The molecule has 0 radical (unpaired) electrons. The summed E-state index contributed by atoms with van der Waals surface area (Å²) >= 11 is 0. The van der Waals surface area contributed by atoms with Crippen LogP contribution in [0.4, 0.5) is 5.82 Å². The number of carbonyl (C=O) groups excluding carboxylic acids is 1. The Hall–Kier alpha value is -2.53. The molecule has 2 aromatic heterocycles. The SMILES string of the molecule is Cc1cc(NC(=O)C2CCN(S(C)(=O)=O)CC2)n(-c2nc(C)c(C)c(=O)[nH]2)n1. The van der Waals surface area contributed by atoms with Crippen molar-refractivity contribution in [3.05, 3.63) is 33.4 Å². The van der Waals surface area contributed by atoms with E-state index in [1.165, 1.54) is 15.2 Å². The van der Waals surface area contributed by atoms with E-state index in [0.29, 0.717) is 48.7 Å². The fourth-order valence-corrected chi connectivity index (χ4v) is 4.03. The Balaban J connectivity index is 1.79. The largest absolute Gasteiger partial charge is 0.310 e. The van der Waals surface area contributed by atoms with Crippen molar-refractivity contribution in [2.75, 3.05) is 24.7 Å². The summed E-state index contributed by atoms with van der Waals surface area (Å²) in [6.45, 7) is 5.83. The number of sulfonamides is 1. The van der Waals surface area contributed by atoms with Gasteiger partial charge in [-0.2, -0.15) is 9.78 Å². The van der Waals surface area contributed by atoms with Gasteiger partial charge in [-0.3, -0.25) is 14.6 Å². The minimum absolute atomic E-state index is 0.208. The second-order valence-electron chi connectivity index (χ2n) is 7.11. The number of piperidine rings is 1. The molecule has 0 saturated carbocycles. The van der Waals surface area contributed by atoms with Crippen LogP contribution in [-0.4, -0.2) is 57.7 Å². The molecule has 3 rings (SSSR count). The van der Waals surface area contributed by atoms with Crippen molar-refractivity contribution < 1.29 is 13.2 Å². The number of aromatic amines is 1. The molecule has 0 aliphatic carbocycles. The highest BCUT2D eigenvalue weighted by molar-refractivity contribution is 7.88.